The third-order valence-corrected chi connectivity index (χ3v) is 7.07. The van der Waals surface area contributed by atoms with E-state index < -0.39 is 23.8 Å². The molecule has 0 bridgehead atoms. The number of benzene rings is 3. The summed E-state index contributed by atoms with van der Waals surface area (Å²) in [6.45, 7) is 10.2. The van der Waals surface area contributed by atoms with Gasteiger partial charge in [0.05, 0.1) is 0 Å². The molecule has 0 fully saturated rings. The van der Waals surface area contributed by atoms with Gasteiger partial charge in [0.2, 0.25) is 11.8 Å². The van der Waals surface area contributed by atoms with E-state index in [2.05, 4.69) is 17.6 Å². The monoisotopic (exact) mass is 585 g/mol. The molecule has 2 N–H and O–H groups in total. The maximum Gasteiger partial charge on any atom is 0.408 e. The first-order valence-electron chi connectivity index (χ1n) is 15.3. The van der Waals surface area contributed by atoms with Crippen LogP contribution in [0.3, 0.4) is 0 Å². The van der Waals surface area contributed by atoms with E-state index in [1.165, 1.54) is 0 Å². The van der Waals surface area contributed by atoms with E-state index in [0.717, 1.165) is 47.9 Å². The van der Waals surface area contributed by atoms with Gasteiger partial charge < -0.3 is 20.3 Å². The molecule has 0 saturated heterocycles. The third kappa shape index (κ3) is 11.2. The Hall–Kier alpha value is -4.13. The van der Waals surface area contributed by atoms with Crippen molar-refractivity contribution < 1.29 is 19.1 Å². The van der Waals surface area contributed by atoms with Gasteiger partial charge in [-0.3, -0.25) is 9.59 Å². The topological polar surface area (TPSA) is 87.7 Å². The molecule has 0 saturated carbocycles. The molecule has 7 nitrogen and oxygen atoms in total. The van der Waals surface area contributed by atoms with Gasteiger partial charge in [0.1, 0.15) is 17.7 Å². The molecule has 2 unspecified atom stereocenters. The average molecular weight is 586 g/mol. The van der Waals surface area contributed by atoms with E-state index in [1.54, 1.807) is 25.7 Å². The van der Waals surface area contributed by atoms with Crippen molar-refractivity contribution in [1.82, 2.24) is 15.5 Å². The zero-order valence-electron chi connectivity index (χ0n) is 26.3. The van der Waals surface area contributed by atoms with Gasteiger partial charge >= 0.3 is 6.09 Å². The van der Waals surface area contributed by atoms with E-state index in [9.17, 15) is 14.4 Å². The Morgan fingerprint density at radius 1 is 0.814 bits per heavy atom. The lowest BCUT2D eigenvalue weighted by Crippen LogP contribution is -2.54. The number of alkyl carbamates (subject to hydrolysis) is 1. The minimum absolute atomic E-state index is 0.261. The van der Waals surface area contributed by atoms with Gasteiger partial charge in [0.15, 0.2) is 0 Å². The van der Waals surface area contributed by atoms with Crippen molar-refractivity contribution in [3.05, 3.63) is 107 Å². The molecule has 0 spiro atoms. The smallest absolute Gasteiger partial charge is 0.408 e. The van der Waals surface area contributed by atoms with Crippen molar-refractivity contribution in [3.8, 4) is 0 Å². The van der Waals surface area contributed by atoms with Gasteiger partial charge in [-0.05, 0) is 50.8 Å². The van der Waals surface area contributed by atoms with Crippen LogP contribution in [-0.4, -0.2) is 41.0 Å². The van der Waals surface area contributed by atoms with Crippen LogP contribution in [0.25, 0.3) is 0 Å². The highest BCUT2D eigenvalue weighted by atomic mass is 16.6. The maximum absolute atomic E-state index is 14.5. The Balaban J connectivity index is 2.00. The SMILES string of the molecule is CCCCCCN(C(=O)C(Cc1ccccc1)NC(=O)OC(C)(C)C)C(C(=O)NCc1ccccc1)c1ccc(C)cc1. The fraction of sp³-hybridized carbons (Fsp3) is 0.417. The highest BCUT2D eigenvalue weighted by molar-refractivity contribution is 5.92. The summed E-state index contributed by atoms with van der Waals surface area (Å²) in [6.07, 6.45) is 3.32. The molecule has 0 radical (unpaired) electrons. The van der Waals surface area contributed by atoms with Crippen LogP contribution in [0.1, 0.15) is 81.7 Å². The summed E-state index contributed by atoms with van der Waals surface area (Å²) in [5, 5.41) is 5.90. The number of hydrogen-bond acceptors (Lipinski definition) is 4. The largest absolute Gasteiger partial charge is 0.444 e. The number of amides is 3. The van der Waals surface area contributed by atoms with E-state index in [0.29, 0.717) is 13.1 Å². The van der Waals surface area contributed by atoms with Crippen molar-refractivity contribution in [2.75, 3.05) is 6.54 Å². The molecule has 7 heteroatoms. The Morgan fingerprint density at radius 2 is 1.42 bits per heavy atom. The van der Waals surface area contributed by atoms with E-state index in [1.807, 2.05) is 91.9 Å². The summed E-state index contributed by atoms with van der Waals surface area (Å²) in [4.78, 5) is 43.2. The Labute approximate surface area is 257 Å². The van der Waals surface area contributed by atoms with Gasteiger partial charge in [0.25, 0.3) is 0 Å². The van der Waals surface area contributed by atoms with Crippen molar-refractivity contribution in [2.45, 2.75) is 91.0 Å². The molecular formula is C36H47N3O4. The number of carbonyl (C=O) groups excluding carboxylic acids is 3. The molecule has 0 aliphatic heterocycles. The number of carbonyl (C=O) groups is 3. The summed E-state index contributed by atoms with van der Waals surface area (Å²) in [6, 6.07) is 25.2. The standard InChI is InChI=1S/C36H47N3O4/c1-6-7-8-15-24-39(34(41)31(25-28-16-11-9-12-17-28)38-35(42)43-36(3,4)5)32(30-22-20-27(2)21-23-30)33(40)37-26-29-18-13-10-14-19-29/h9-14,16-23,31-32H,6-8,15,24-26H2,1-5H3,(H,37,40)(H,38,42). The summed E-state index contributed by atoms with van der Waals surface area (Å²) < 4.78 is 5.54. The highest BCUT2D eigenvalue weighted by Crippen LogP contribution is 2.25. The Morgan fingerprint density at radius 3 is 2.00 bits per heavy atom. The summed E-state index contributed by atoms with van der Waals surface area (Å²) >= 11 is 0. The summed E-state index contributed by atoms with van der Waals surface area (Å²) in [5.41, 5.74) is 2.90. The Bertz CT molecular complexity index is 1290. The average Bonchev–Trinajstić information content (AvgIpc) is 2.98. The fourth-order valence-electron chi connectivity index (χ4n) is 4.88. The normalized spacial score (nSPS) is 12.6. The quantitative estimate of drug-likeness (QED) is 0.202. The van der Waals surface area contributed by atoms with Gasteiger partial charge in [-0.2, -0.15) is 0 Å². The van der Waals surface area contributed by atoms with Crippen LogP contribution in [0, 0.1) is 6.92 Å². The first-order chi connectivity index (χ1) is 20.6. The minimum Gasteiger partial charge on any atom is -0.444 e. The maximum atomic E-state index is 14.5. The van der Waals surface area contributed by atoms with Gasteiger partial charge in [-0.1, -0.05) is 117 Å². The van der Waals surface area contributed by atoms with Gasteiger partial charge in [-0.25, -0.2) is 4.79 Å². The van der Waals surface area contributed by atoms with Crippen LogP contribution in [-0.2, 0) is 27.3 Å². The molecule has 0 aliphatic rings. The van der Waals surface area contributed by atoms with E-state index >= 15 is 0 Å². The molecule has 3 rings (SSSR count). The van der Waals surface area contributed by atoms with Crippen molar-refractivity contribution >= 4 is 17.9 Å². The second kappa shape index (κ2) is 16.5. The lowest BCUT2D eigenvalue weighted by atomic mass is 9.99. The first-order valence-corrected chi connectivity index (χ1v) is 15.3. The number of unbranched alkanes of at least 4 members (excludes halogenated alkanes) is 3. The first kappa shape index (κ1) is 33.4. The molecular weight excluding hydrogens is 538 g/mol. The minimum atomic E-state index is -0.932. The van der Waals surface area contributed by atoms with Crippen molar-refractivity contribution in [1.29, 1.82) is 0 Å². The summed E-state index contributed by atoms with van der Waals surface area (Å²) in [7, 11) is 0. The van der Waals surface area contributed by atoms with Crippen LogP contribution in [0.5, 0.6) is 0 Å². The van der Waals surface area contributed by atoms with Crippen LogP contribution in [0.4, 0.5) is 4.79 Å². The number of nitrogens with one attached hydrogen (secondary N) is 2. The predicted molar refractivity (Wildman–Crippen MR) is 171 cm³/mol. The number of ether oxygens (including phenoxy) is 1. The number of hydrogen-bond donors (Lipinski definition) is 2. The second-order valence-corrected chi connectivity index (χ2v) is 12.0. The summed E-state index contributed by atoms with van der Waals surface area (Å²) in [5.74, 6) is -0.598. The molecule has 0 aromatic heterocycles. The molecule has 0 aliphatic carbocycles. The second-order valence-electron chi connectivity index (χ2n) is 12.0. The van der Waals surface area contributed by atoms with Gasteiger partial charge in [0, 0.05) is 19.5 Å². The lowest BCUT2D eigenvalue weighted by molar-refractivity contribution is -0.142. The zero-order chi connectivity index (χ0) is 31.2. The van der Waals surface area contributed by atoms with Crippen LogP contribution >= 0.6 is 0 Å². The number of rotatable bonds is 14. The highest BCUT2D eigenvalue weighted by Gasteiger charge is 2.36. The van der Waals surface area contributed by atoms with E-state index in [4.69, 9.17) is 4.74 Å². The third-order valence-electron chi connectivity index (χ3n) is 7.07. The van der Waals surface area contributed by atoms with Crippen LogP contribution in [0.2, 0.25) is 0 Å². The fourth-order valence-corrected chi connectivity index (χ4v) is 4.88. The van der Waals surface area contributed by atoms with Crippen molar-refractivity contribution in [2.24, 2.45) is 0 Å². The van der Waals surface area contributed by atoms with Gasteiger partial charge in [-0.15, -0.1) is 0 Å². The number of aryl methyl sites for hydroxylation is 1. The van der Waals surface area contributed by atoms with Crippen LogP contribution < -0.4 is 10.6 Å². The molecule has 2 atom stereocenters. The Kier molecular flexibility index (Phi) is 12.8. The molecule has 230 valence electrons. The molecule has 3 aromatic carbocycles. The predicted octanol–water partition coefficient (Wildman–Crippen LogP) is 6.90. The van der Waals surface area contributed by atoms with Crippen LogP contribution in [0.15, 0.2) is 84.9 Å². The van der Waals surface area contributed by atoms with E-state index in [-0.39, 0.29) is 18.2 Å². The lowest BCUT2D eigenvalue weighted by Gasteiger charge is -2.35. The molecule has 43 heavy (non-hydrogen) atoms. The van der Waals surface area contributed by atoms with Crippen molar-refractivity contribution in [3.63, 3.8) is 0 Å². The molecule has 3 amide bonds. The number of nitrogens with zero attached hydrogens (tertiary/aromatic N) is 1. The molecule has 0 heterocycles. The zero-order valence-corrected chi connectivity index (χ0v) is 26.3. The molecule has 3 aromatic rings.